The highest BCUT2D eigenvalue weighted by Crippen LogP contribution is 2.64. The van der Waals surface area contributed by atoms with Gasteiger partial charge in [0.25, 0.3) is 0 Å². The van der Waals surface area contributed by atoms with Gasteiger partial charge >= 0.3 is 59.6 Å². The molecule has 330 valence electrons. The summed E-state index contributed by atoms with van der Waals surface area (Å²) in [4.78, 5) is 24.6. The molecule has 2 rings (SSSR count). The van der Waals surface area contributed by atoms with E-state index in [0.717, 1.165) is 49.9 Å². The summed E-state index contributed by atoms with van der Waals surface area (Å²) < 4.78 is 243. The molecule has 0 aromatic heterocycles. The Morgan fingerprint density at radius 2 is 0.828 bits per heavy atom. The molecule has 0 aliphatic rings. The predicted molar refractivity (Wildman–Crippen MR) is 171 cm³/mol. The van der Waals surface area contributed by atoms with Crippen molar-refractivity contribution in [1.29, 1.82) is 0 Å². The smallest absolute Gasteiger partial charge is 0.460 e. The fourth-order valence-electron chi connectivity index (χ4n) is 5.00. The maximum absolute atomic E-state index is 14.1. The van der Waals surface area contributed by atoms with Crippen LogP contribution in [0.2, 0.25) is 0 Å². The summed E-state index contributed by atoms with van der Waals surface area (Å²) in [5, 5.41) is 0. The van der Waals surface area contributed by atoms with Crippen LogP contribution in [0.1, 0.15) is 98.3 Å². The van der Waals surface area contributed by atoms with Crippen LogP contribution in [0, 0.1) is 0 Å². The molecular weight excluding hydrogens is 835 g/mol. The van der Waals surface area contributed by atoms with Crippen LogP contribution in [0.3, 0.4) is 0 Å². The van der Waals surface area contributed by atoms with E-state index in [1.165, 1.54) is 62.8 Å². The molecule has 0 spiro atoms. The number of esters is 2. The summed E-state index contributed by atoms with van der Waals surface area (Å²) in [6, 6.07) is 9.24. The summed E-state index contributed by atoms with van der Waals surface area (Å²) in [6.45, 7) is 0.513. The predicted octanol–water partition coefficient (Wildman–Crippen LogP) is 12.8. The number of carbonyl (C=O) groups is 2. The Kier molecular flexibility index (Phi) is 16.7. The monoisotopic (exact) mass is 872 g/mol. The third kappa shape index (κ3) is 11.0. The SMILES string of the molecule is CCCCCCCCCCCCOc1ccc(C(=O)Oc2ccc(C(=O)OCCC(F)(F)C(F)(F)C(F)(F)C(F)(F)C(F)(F)C(F)(F)C(F)(F)C(F)(F)F)cc2)cc1. The lowest BCUT2D eigenvalue weighted by Gasteiger charge is -2.42. The maximum atomic E-state index is 14.1. The second kappa shape index (κ2) is 19.4. The van der Waals surface area contributed by atoms with E-state index in [-0.39, 0.29) is 11.3 Å². The minimum atomic E-state index is -8.74. The zero-order valence-electron chi connectivity index (χ0n) is 30.3. The van der Waals surface area contributed by atoms with Gasteiger partial charge in [-0.1, -0.05) is 64.7 Å². The van der Waals surface area contributed by atoms with Crippen molar-refractivity contribution in [2.24, 2.45) is 0 Å². The van der Waals surface area contributed by atoms with Crippen LogP contribution < -0.4 is 9.47 Å². The molecule has 22 heteroatoms. The summed E-state index contributed by atoms with van der Waals surface area (Å²) in [5.41, 5.74) is -0.573. The quantitative estimate of drug-likeness (QED) is 0.0455. The molecule has 0 aliphatic carbocycles. The Morgan fingerprint density at radius 3 is 1.28 bits per heavy atom. The van der Waals surface area contributed by atoms with Crippen molar-refractivity contribution in [2.75, 3.05) is 13.2 Å². The number of rotatable bonds is 24. The number of halogens is 17. The lowest BCUT2D eigenvalue weighted by molar-refractivity contribution is -0.461. The first-order valence-corrected chi connectivity index (χ1v) is 17.5. The van der Waals surface area contributed by atoms with E-state index >= 15 is 0 Å². The second-order valence-electron chi connectivity index (χ2n) is 13.0. The van der Waals surface area contributed by atoms with Crippen LogP contribution in [0.5, 0.6) is 11.5 Å². The molecule has 0 N–H and O–H groups in total. The molecule has 0 saturated carbocycles. The molecular formula is C36H37F17O5. The second-order valence-corrected chi connectivity index (χ2v) is 13.0. The Bertz CT molecular complexity index is 1610. The molecule has 0 unspecified atom stereocenters. The van der Waals surface area contributed by atoms with Gasteiger partial charge in [-0.2, -0.15) is 74.6 Å². The van der Waals surface area contributed by atoms with E-state index in [1.807, 2.05) is 0 Å². The first-order valence-electron chi connectivity index (χ1n) is 17.5. The molecule has 0 bridgehead atoms. The molecule has 0 radical (unpaired) electrons. The van der Waals surface area contributed by atoms with Gasteiger partial charge in [0.2, 0.25) is 0 Å². The number of unbranched alkanes of at least 4 members (excludes halogenated alkanes) is 9. The zero-order valence-corrected chi connectivity index (χ0v) is 30.3. The number of hydrogen-bond acceptors (Lipinski definition) is 5. The van der Waals surface area contributed by atoms with Crippen molar-refractivity contribution in [3.63, 3.8) is 0 Å². The molecule has 0 atom stereocenters. The standard InChI is InChI=1S/C36H37F17O5/c1-2-3-4-5-6-7-8-9-10-11-21-56-25-16-12-24(13-17-25)28(55)58-26-18-14-23(15-19-26)27(54)57-22-20-29(37,38)30(39,40)31(41,42)32(43,44)33(45,46)34(47,48)35(49,50)36(51,52)53/h12-19H,2-11,20-22H2,1H3. The number of hydrogen-bond donors (Lipinski definition) is 0. The summed E-state index contributed by atoms with van der Waals surface area (Å²) >= 11 is 0. The van der Waals surface area contributed by atoms with Crippen molar-refractivity contribution >= 4 is 11.9 Å². The lowest BCUT2D eigenvalue weighted by Crippen LogP contribution is -2.74. The van der Waals surface area contributed by atoms with Crippen LogP contribution in [0.4, 0.5) is 74.6 Å². The first-order chi connectivity index (χ1) is 26.5. The van der Waals surface area contributed by atoms with Crippen molar-refractivity contribution in [1.82, 2.24) is 0 Å². The maximum Gasteiger partial charge on any atom is 0.460 e. The minimum absolute atomic E-state index is 0.0486. The highest BCUT2D eigenvalue weighted by molar-refractivity contribution is 5.92. The van der Waals surface area contributed by atoms with E-state index in [4.69, 9.17) is 9.47 Å². The van der Waals surface area contributed by atoms with E-state index < -0.39 is 78.2 Å². The minimum Gasteiger partial charge on any atom is -0.494 e. The highest BCUT2D eigenvalue weighted by Gasteiger charge is 2.95. The summed E-state index contributed by atoms with van der Waals surface area (Å²) in [6.07, 6.45) is 0.632. The van der Waals surface area contributed by atoms with Crippen molar-refractivity contribution in [3.05, 3.63) is 59.7 Å². The number of alkyl halides is 17. The van der Waals surface area contributed by atoms with Gasteiger partial charge in [0, 0.05) is 0 Å². The molecule has 5 nitrogen and oxygen atoms in total. The molecule has 0 amide bonds. The Hall–Kier alpha value is -4.01. The molecule has 0 aliphatic heterocycles. The molecule has 0 heterocycles. The highest BCUT2D eigenvalue weighted by atomic mass is 19.4. The number of benzene rings is 2. The fourth-order valence-corrected chi connectivity index (χ4v) is 5.00. The van der Waals surface area contributed by atoms with Gasteiger partial charge in [-0.25, -0.2) is 9.59 Å². The van der Waals surface area contributed by atoms with Gasteiger partial charge in [-0.05, 0) is 55.0 Å². The number of ether oxygens (including phenoxy) is 3. The topological polar surface area (TPSA) is 61.8 Å². The van der Waals surface area contributed by atoms with Crippen molar-refractivity contribution in [3.8, 4) is 11.5 Å². The fraction of sp³-hybridized carbons (Fsp3) is 0.611. The van der Waals surface area contributed by atoms with Crippen LogP contribution in [-0.2, 0) is 4.74 Å². The Morgan fingerprint density at radius 1 is 0.448 bits per heavy atom. The molecule has 0 saturated heterocycles. The van der Waals surface area contributed by atoms with E-state index in [9.17, 15) is 84.2 Å². The molecule has 2 aromatic rings. The van der Waals surface area contributed by atoms with Gasteiger partial charge in [-0.3, -0.25) is 0 Å². The Balaban J connectivity index is 1.93. The van der Waals surface area contributed by atoms with Crippen molar-refractivity contribution in [2.45, 2.75) is 125 Å². The van der Waals surface area contributed by atoms with Gasteiger partial charge in [0.15, 0.2) is 0 Å². The number of carbonyl (C=O) groups excluding carboxylic acids is 2. The van der Waals surface area contributed by atoms with Crippen molar-refractivity contribution < 1.29 is 98.4 Å². The van der Waals surface area contributed by atoms with Gasteiger partial charge in [-0.15, -0.1) is 0 Å². The first kappa shape index (κ1) is 50.1. The largest absolute Gasteiger partial charge is 0.494 e. The average Bonchev–Trinajstić information content (AvgIpc) is 3.13. The van der Waals surface area contributed by atoms with Gasteiger partial charge in [0.1, 0.15) is 11.5 Å². The van der Waals surface area contributed by atoms with Gasteiger partial charge < -0.3 is 14.2 Å². The zero-order chi connectivity index (χ0) is 44.4. The molecule has 0 fully saturated rings. The summed E-state index contributed by atoms with van der Waals surface area (Å²) in [5.74, 6) is -59.7. The third-order valence-electron chi connectivity index (χ3n) is 8.59. The third-order valence-corrected chi connectivity index (χ3v) is 8.59. The summed E-state index contributed by atoms with van der Waals surface area (Å²) in [7, 11) is 0. The van der Waals surface area contributed by atoms with Crippen LogP contribution in [-0.4, -0.2) is 72.8 Å². The van der Waals surface area contributed by atoms with Crippen LogP contribution in [0.25, 0.3) is 0 Å². The molecule has 58 heavy (non-hydrogen) atoms. The van der Waals surface area contributed by atoms with Gasteiger partial charge in [0.05, 0.1) is 30.8 Å². The lowest BCUT2D eigenvalue weighted by atomic mass is 9.88. The van der Waals surface area contributed by atoms with Crippen LogP contribution in [0.15, 0.2) is 48.5 Å². The normalized spacial score (nSPS) is 13.7. The van der Waals surface area contributed by atoms with E-state index in [0.29, 0.717) is 12.4 Å². The average molecular weight is 873 g/mol. The molecule has 2 aromatic carbocycles. The Labute approximate surface area is 320 Å². The van der Waals surface area contributed by atoms with E-state index in [1.54, 1.807) is 0 Å². The van der Waals surface area contributed by atoms with E-state index in [2.05, 4.69) is 11.7 Å². The van der Waals surface area contributed by atoms with Crippen LogP contribution >= 0.6 is 0 Å².